The van der Waals surface area contributed by atoms with E-state index >= 15 is 0 Å². The maximum atomic E-state index is 5.57. The first-order valence-corrected chi connectivity index (χ1v) is 7.82. The summed E-state index contributed by atoms with van der Waals surface area (Å²) in [6, 6.07) is 6.80. The summed E-state index contributed by atoms with van der Waals surface area (Å²) in [7, 11) is 1.81. The summed E-state index contributed by atoms with van der Waals surface area (Å²) in [4.78, 5) is 0. The fourth-order valence-corrected chi connectivity index (χ4v) is 3.20. The standard InChI is InChI=1S/C13H17BrINO/c1-17-13-5-3-2-4-11(13)16-12-8-9(15)6-7-10(12)14/h6-8,11,13,16H,2-5H2,1H3. The lowest BCUT2D eigenvalue weighted by Gasteiger charge is -2.32. The van der Waals surface area contributed by atoms with E-state index in [9.17, 15) is 0 Å². The molecule has 1 aromatic carbocycles. The lowest BCUT2D eigenvalue weighted by molar-refractivity contribution is 0.0606. The Morgan fingerprint density at radius 3 is 2.88 bits per heavy atom. The number of benzene rings is 1. The van der Waals surface area contributed by atoms with Crippen LogP contribution in [0.4, 0.5) is 5.69 Å². The van der Waals surface area contributed by atoms with Crippen LogP contribution < -0.4 is 5.32 Å². The lowest BCUT2D eigenvalue weighted by Crippen LogP contribution is -2.37. The molecule has 1 N–H and O–H groups in total. The normalized spacial score (nSPS) is 24.6. The van der Waals surface area contributed by atoms with Crippen molar-refractivity contribution in [2.75, 3.05) is 12.4 Å². The molecule has 2 atom stereocenters. The molecule has 17 heavy (non-hydrogen) atoms. The van der Waals surface area contributed by atoms with Crippen LogP contribution in [0.25, 0.3) is 0 Å². The molecule has 94 valence electrons. The van der Waals surface area contributed by atoms with Crippen molar-refractivity contribution in [3.63, 3.8) is 0 Å². The second kappa shape index (κ2) is 6.38. The number of rotatable bonds is 3. The average Bonchev–Trinajstić information content (AvgIpc) is 2.34. The van der Waals surface area contributed by atoms with Crippen LogP contribution in [0.5, 0.6) is 0 Å². The van der Waals surface area contributed by atoms with Gasteiger partial charge in [-0.1, -0.05) is 12.8 Å². The number of halogens is 2. The van der Waals surface area contributed by atoms with E-state index in [4.69, 9.17) is 4.74 Å². The monoisotopic (exact) mass is 409 g/mol. The molecule has 0 saturated heterocycles. The fraction of sp³-hybridized carbons (Fsp3) is 0.538. The Bertz CT molecular complexity index is 386. The molecule has 0 amide bonds. The molecule has 1 aromatic rings. The lowest BCUT2D eigenvalue weighted by atomic mass is 9.92. The van der Waals surface area contributed by atoms with Crippen LogP contribution in [-0.2, 0) is 4.74 Å². The topological polar surface area (TPSA) is 21.3 Å². The molecular weight excluding hydrogens is 393 g/mol. The second-order valence-corrected chi connectivity index (χ2v) is 6.53. The van der Waals surface area contributed by atoms with Crippen molar-refractivity contribution in [3.05, 3.63) is 26.2 Å². The van der Waals surface area contributed by atoms with Gasteiger partial charge >= 0.3 is 0 Å². The molecule has 1 saturated carbocycles. The number of ether oxygens (including phenoxy) is 1. The largest absolute Gasteiger partial charge is 0.379 e. The van der Waals surface area contributed by atoms with Crippen molar-refractivity contribution in [1.29, 1.82) is 0 Å². The van der Waals surface area contributed by atoms with Crippen LogP contribution in [0.3, 0.4) is 0 Å². The Kier molecular flexibility index (Phi) is 5.11. The van der Waals surface area contributed by atoms with Gasteiger partial charge in [0.05, 0.1) is 12.1 Å². The molecule has 1 fully saturated rings. The predicted octanol–water partition coefficient (Wildman–Crippen LogP) is 4.42. The minimum absolute atomic E-state index is 0.341. The van der Waals surface area contributed by atoms with Crippen molar-refractivity contribution >= 4 is 44.2 Å². The first-order chi connectivity index (χ1) is 8.20. The molecule has 1 aliphatic carbocycles. The van der Waals surface area contributed by atoms with Crippen LogP contribution in [0.2, 0.25) is 0 Å². The van der Waals surface area contributed by atoms with Gasteiger partial charge in [-0.15, -0.1) is 0 Å². The van der Waals surface area contributed by atoms with Gasteiger partial charge < -0.3 is 10.1 Å². The summed E-state index contributed by atoms with van der Waals surface area (Å²) in [5, 5.41) is 3.61. The van der Waals surface area contributed by atoms with E-state index < -0.39 is 0 Å². The number of methoxy groups -OCH3 is 1. The molecule has 0 radical (unpaired) electrons. The van der Waals surface area contributed by atoms with Crippen LogP contribution >= 0.6 is 38.5 Å². The van der Waals surface area contributed by atoms with E-state index in [1.165, 1.54) is 28.5 Å². The molecule has 0 heterocycles. The Morgan fingerprint density at radius 2 is 2.12 bits per heavy atom. The molecule has 4 heteroatoms. The smallest absolute Gasteiger partial charge is 0.0772 e. The van der Waals surface area contributed by atoms with Crippen LogP contribution in [0, 0.1) is 3.57 Å². The Labute approximate surface area is 125 Å². The first kappa shape index (κ1) is 13.6. The van der Waals surface area contributed by atoms with Gasteiger partial charge in [-0.2, -0.15) is 0 Å². The van der Waals surface area contributed by atoms with Crippen molar-refractivity contribution in [2.24, 2.45) is 0 Å². The molecule has 2 unspecified atom stereocenters. The Balaban J connectivity index is 2.10. The summed E-state index contributed by atoms with van der Waals surface area (Å²) >= 11 is 5.93. The van der Waals surface area contributed by atoms with E-state index in [1.807, 2.05) is 7.11 Å². The highest BCUT2D eigenvalue weighted by Gasteiger charge is 2.25. The zero-order chi connectivity index (χ0) is 12.3. The third-order valence-electron chi connectivity index (χ3n) is 3.27. The highest BCUT2D eigenvalue weighted by Crippen LogP contribution is 2.29. The Morgan fingerprint density at radius 1 is 1.35 bits per heavy atom. The van der Waals surface area contributed by atoms with Crippen molar-refractivity contribution in [3.8, 4) is 0 Å². The minimum Gasteiger partial charge on any atom is -0.379 e. The summed E-state index contributed by atoms with van der Waals surface area (Å²) in [6.07, 6.45) is 5.27. The van der Waals surface area contributed by atoms with Crippen molar-refractivity contribution in [2.45, 2.75) is 37.8 Å². The fourth-order valence-electron chi connectivity index (χ4n) is 2.35. The quantitative estimate of drug-likeness (QED) is 0.746. The van der Waals surface area contributed by atoms with Gasteiger partial charge in [-0.3, -0.25) is 0 Å². The van der Waals surface area contributed by atoms with E-state index in [0.29, 0.717) is 12.1 Å². The third-order valence-corrected chi connectivity index (χ3v) is 4.64. The molecule has 2 rings (SSSR count). The molecule has 0 aromatic heterocycles. The molecule has 0 aliphatic heterocycles. The molecular formula is C13H17BrINO. The van der Waals surface area contributed by atoms with Gasteiger partial charge in [-0.05, 0) is 69.6 Å². The molecule has 1 aliphatic rings. The Hall–Kier alpha value is 0.190. The SMILES string of the molecule is COC1CCCCC1Nc1cc(I)ccc1Br. The number of hydrogen-bond donors (Lipinski definition) is 1. The highest BCUT2D eigenvalue weighted by molar-refractivity contribution is 14.1. The summed E-state index contributed by atoms with van der Waals surface area (Å²) in [5.74, 6) is 0. The van der Waals surface area contributed by atoms with E-state index in [1.54, 1.807) is 0 Å². The predicted molar refractivity (Wildman–Crippen MR) is 83.5 cm³/mol. The number of hydrogen-bond acceptors (Lipinski definition) is 2. The third kappa shape index (κ3) is 3.58. The van der Waals surface area contributed by atoms with Crippen LogP contribution in [-0.4, -0.2) is 19.3 Å². The van der Waals surface area contributed by atoms with Gasteiger partial charge in [0.1, 0.15) is 0 Å². The summed E-state index contributed by atoms with van der Waals surface area (Å²) in [6.45, 7) is 0. The maximum Gasteiger partial charge on any atom is 0.0772 e. The van der Waals surface area contributed by atoms with Crippen LogP contribution in [0.1, 0.15) is 25.7 Å². The maximum absolute atomic E-state index is 5.57. The van der Waals surface area contributed by atoms with E-state index in [2.05, 4.69) is 62.0 Å². The molecule has 0 bridgehead atoms. The zero-order valence-corrected chi connectivity index (χ0v) is 13.6. The highest BCUT2D eigenvalue weighted by atomic mass is 127. The average molecular weight is 410 g/mol. The van der Waals surface area contributed by atoms with Crippen molar-refractivity contribution < 1.29 is 4.74 Å². The molecule has 0 spiro atoms. The van der Waals surface area contributed by atoms with Crippen LogP contribution in [0.15, 0.2) is 22.7 Å². The van der Waals surface area contributed by atoms with Gasteiger partial charge in [0.25, 0.3) is 0 Å². The van der Waals surface area contributed by atoms with E-state index in [-0.39, 0.29) is 0 Å². The molecule has 2 nitrogen and oxygen atoms in total. The first-order valence-electron chi connectivity index (χ1n) is 5.95. The van der Waals surface area contributed by atoms with Gasteiger partial charge in [0.15, 0.2) is 0 Å². The number of anilines is 1. The van der Waals surface area contributed by atoms with Crippen molar-refractivity contribution in [1.82, 2.24) is 0 Å². The number of nitrogens with one attached hydrogen (secondary N) is 1. The summed E-state index contributed by atoms with van der Waals surface area (Å²) < 4.78 is 7.94. The van der Waals surface area contributed by atoms with Gasteiger partial charge in [-0.25, -0.2) is 0 Å². The minimum atomic E-state index is 0.341. The second-order valence-electron chi connectivity index (χ2n) is 4.43. The van der Waals surface area contributed by atoms with Gasteiger partial charge in [0.2, 0.25) is 0 Å². The summed E-state index contributed by atoms with van der Waals surface area (Å²) in [5.41, 5.74) is 1.17. The zero-order valence-electron chi connectivity index (χ0n) is 9.88. The van der Waals surface area contributed by atoms with Gasteiger partial charge in [0, 0.05) is 20.8 Å². The van der Waals surface area contributed by atoms with E-state index in [0.717, 1.165) is 10.9 Å².